The van der Waals surface area contributed by atoms with Crippen LogP contribution in [0.1, 0.15) is 82.8 Å². The van der Waals surface area contributed by atoms with Crippen LogP contribution < -0.4 is 31.2 Å². The molecule has 0 amide bonds. The van der Waals surface area contributed by atoms with Gasteiger partial charge in [0.25, 0.3) is 0 Å². The van der Waals surface area contributed by atoms with Gasteiger partial charge in [-0.3, -0.25) is 15.1 Å². The maximum atomic E-state index is 13.0. The van der Waals surface area contributed by atoms with Crippen LogP contribution in [0.3, 0.4) is 0 Å². The van der Waals surface area contributed by atoms with E-state index in [1.807, 2.05) is 25.3 Å². The second-order valence-corrected chi connectivity index (χ2v) is 14.1. The van der Waals surface area contributed by atoms with Crippen LogP contribution in [0.4, 0.5) is 5.69 Å². The third kappa shape index (κ3) is 14.3. The Balaban J connectivity index is 1.78. The van der Waals surface area contributed by atoms with E-state index >= 15 is 0 Å². The van der Waals surface area contributed by atoms with E-state index in [0.717, 1.165) is 62.5 Å². The second kappa shape index (κ2) is 22.3. The van der Waals surface area contributed by atoms with Crippen molar-refractivity contribution < 1.29 is 34.3 Å². The Kier molecular flexibility index (Phi) is 18.2. The van der Waals surface area contributed by atoms with Gasteiger partial charge in [-0.2, -0.15) is 0 Å². The van der Waals surface area contributed by atoms with E-state index in [1.165, 1.54) is 7.11 Å². The minimum Gasteiger partial charge on any atom is -0.504 e. The number of nitrogens with zero attached hydrogens (tertiary/aromatic N) is 1. The van der Waals surface area contributed by atoms with Crippen molar-refractivity contribution in [2.75, 3.05) is 52.9 Å². The Morgan fingerprint density at radius 1 is 1.17 bits per heavy atom. The van der Waals surface area contributed by atoms with Gasteiger partial charge >= 0.3 is 0 Å². The molecule has 0 spiro atoms. The monoisotopic (exact) mass is 725 g/mol. The van der Waals surface area contributed by atoms with Gasteiger partial charge in [-0.15, -0.1) is 0 Å². The van der Waals surface area contributed by atoms with Crippen molar-refractivity contribution in [3.8, 4) is 23.0 Å². The number of benzene rings is 2. The number of hydrogen-bond acceptors (Lipinski definition) is 10. The van der Waals surface area contributed by atoms with Crippen molar-refractivity contribution >= 4 is 17.4 Å². The Morgan fingerprint density at radius 3 is 2.67 bits per heavy atom. The average molecular weight is 726 g/mol. The number of ketones is 1. The molecule has 1 aliphatic rings. The number of nitrogens with two attached hydrogens (primary N) is 1. The van der Waals surface area contributed by atoms with Crippen molar-refractivity contribution in [1.29, 1.82) is 0 Å². The number of likely N-dealkylation sites (N-methyl/N-ethyl adjacent to an activating group) is 1. The Bertz CT molecular complexity index is 1450. The fourth-order valence-electron chi connectivity index (χ4n) is 6.80. The van der Waals surface area contributed by atoms with E-state index in [1.54, 1.807) is 38.2 Å². The highest BCUT2D eigenvalue weighted by atomic mass is 16.5. The van der Waals surface area contributed by atoms with Crippen LogP contribution in [0.25, 0.3) is 0 Å². The number of rotatable bonds is 24. The number of guanidine groups is 1. The van der Waals surface area contributed by atoms with Crippen LogP contribution in [0.2, 0.25) is 0 Å². The second-order valence-electron chi connectivity index (χ2n) is 14.1. The molecule has 0 aliphatic heterocycles. The number of unbranched alkanes of at least 4 members (excludes halogenated alkanes) is 2. The molecule has 1 saturated carbocycles. The number of aromatic hydroxyl groups is 2. The number of aliphatic hydroxyl groups excluding tert-OH is 1. The number of carbonyl (C=O) groups is 1. The van der Waals surface area contributed by atoms with Gasteiger partial charge in [0.15, 0.2) is 34.7 Å². The summed E-state index contributed by atoms with van der Waals surface area (Å²) in [5.41, 5.74) is 7.82. The SMILES string of the molecule is CCCCCC(C=CC(=O)CCc1ccc(O)c(OC)c1)Cc1cc(NC(N)=NC)c(O)c(OC2(CNC)CCC(CCOCNCC(C)O)C2)c1. The quantitative estimate of drug-likeness (QED) is 0.0183. The number of aliphatic hydroxyl groups is 1. The molecular formula is C40H63N5O7. The minimum atomic E-state index is -0.518. The molecule has 0 bridgehead atoms. The largest absolute Gasteiger partial charge is 0.504 e. The average Bonchev–Trinajstić information content (AvgIpc) is 3.52. The summed E-state index contributed by atoms with van der Waals surface area (Å²) in [5, 5.41) is 40.2. The Hall–Kier alpha value is -3.84. The lowest BCUT2D eigenvalue weighted by atomic mass is 9.92. The first-order valence-corrected chi connectivity index (χ1v) is 18.7. The molecule has 0 aromatic heterocycles. The number of aliphatic imine (C=N–C) groups is 1. The van der Waals surface area contributed by atoms with Crippen molar-refractivity contribution in [1.82, 2.24) is 10.6 Å². The van der Waals surface area contributed by atoms with Crippen molar-refractivity contribution in [2.24, 2.45) is 22.6 Å². The topological polar surface area (TPSA) is 180 Å². The normalized spacial score (nSPS) is 18.8. The van der Waals surface area contributed by atoms with Gasteiger partial charge in [-0.25, -0.2) is 0 Å². The molecule has 4 atom stereocenters. The minimum absolute atomic E-state index is 0.0269. The first-order chi connectivity index (χ1) is 25.0. The van der Waals surface area contributed by atoms with Gasteiger partial charge in [0.2, 0.25) is 0 Å². The van der Waals surface area contributed by atoms with Crippen LogP contribution in [0.15, 0.2) is 47.5 Å². The molecular weight excluding hydrogens is 662 g/mol. The molecule has 0 heterocycles. The van der Waals surface area contributed by atoms with Gasteiger partial charge < -0.3 is 45.9 Å². The van der Waals surface area contributed by atoms with Crippen LogP contribution in [0.5, 0.6) is 23.0 Å². The van der Waals surface area contributed by atoms with Crippen molar-refractivity contribution in [3.63, 3.8) is 0 Å². The highest BCUT2D eigenvalue weighted by Gasteiger charge is 2.41. The summed E-state index contributed by atoms with van der Waals surface area (Å²) in [6.07, 6.45) is 12.4. The summed E-state index contributed by atoms with van der Waals surface area (Å²) in [5.74, 6) is 1.51. The maximum absolute atomic E-state index is 13.0. The lowest BCUT2D eigenvalue weighted by Crippen LogP contribution is -2.42. The molecule has 12 heteroatoms. The molecule has 1 aliphatic carbocycles. The Morgan fingerprint density at radius 2 is 1.96 bits per heavy atom. The summed E-state index contributed by atoms with van der Waals surface area (Å²) in [7, 11) is 5.00. The molecule has 290 valence electrons. The number of ether oxygens (including phenoxy) is 3. The fraction of sp³-hybridized carbons (Fsp3) is 0.600. The van der Waals surface area contributed by atoms with Gasteiger partial charge in [-0.05, 0) is 112 Å². The predicted octanol–water partition coefficient (Wildman–Crippen LogP) is 5.43. The predicted molar refractivity (Wildman–Crippen MR) is 207 cm³/mol. The maximum Gasteiger partial charge on any atom is 0.192 e. The van der Waals surface area contributed by atoms with Crippen LogP contribution in [0, 0.1) is 11.8 Å². The molecule has 2 aromatic rings. The molecule has 0 radical (unpaired) electrons. The van der Waals surface area contributed by atoms with E-state index in [2.05, 4.69) is 27.9 Å². The first kappa shape index (κ1) is 42.6. The van der Waals surface area contributed by atoms with Crippen molar-refractivity contribution in [2.45, 2.75) is 96.2 Å². The summed E-state index contributed by atoms with van der Waals surface area (Å²) >= 11 is 0. The standard InChI is InChI=1S/C40H63N5O7/c1-6-7-8-9-29(10-13-33(47)14-11-30-12-15-35(48)36(22-30)50-5)20-32-21-34(45-39(41)43-4)38(49)37(23-32)52-40(26-42-3)18-16-31(24-40)17-19-51-27-44-25-28(2)46/h10,12-13,15,21-23,28-29,31,42,44,46,48-49H,6-9,11,14,16-20,24-27H2,1-5H3,(H3,41,43,45). The fourth-order valence-corrected chi connectivity index (χ4v) is 6.80. The molecule has 8 N–H and O–H groups in total. The number of aryl methyl sites for hydroxylation is 1. The molecule has 1 fully saturated rings. The van der Waals surface area contributed by atoms with Gasteiger partial charge in [0.05, 0.1) is 25.6 Å². The van der Waals surface area contributed by atoms with Crippen LogP contribution >= 0.6 is 0 Å². The molecule has 4 unspecified atom stereocenters. The number of allylic oxidation sites excluding steroid dienone is 2. The lowest BCUT2D eigenvalue weighted by molar-refractivity contribution is -0.114. The third-order valence-electron chi connectivity index (χ3n) is 9.58. The van der Waals surface area contributed by atoms with E-state index < -0.39 is 11.7 Å². The van der Waals surface area contributed by atoms with E-state index in [-0.39, 0.29) is 29.2 Å². The molecule has 2 aromatic carbocycles. The number of anilines is 1. The first-order valence-electron chi connectivity index (χ1n) is 18.7. The van der Waals surface area contributed by atoms with Crippen LogP contribution in [-0.4, -0.2) is 86.4 Å². The number of phenols is 2. The summed E-state index contributed by atoms with van der Waals surface area (Å²) in [6, 6.07) is 8.94. The molecule has 12 nitrogen and oxygen atoms in total. The van der Waals surface area contributed by atoms with Gasteiger partial charge in [0.1, 0.15) is 5.60 Å². The number of carbonyl (C=O) groups excluding carboxylic acids is 1. The van der Waals surface area contributed by atoms with E-state index in [9.17, 15) is 20.1 Å². The zero-order valence-electron chi connectivity index (χ0n) is 31.9. The summed E-state index contributed by atoms with van der Waals surface area (Å²) in [4.78, 5) is 17.0. The Labute approximate surface area is 310 Å². The van der Waals surface area contributed by atoms with Gasteiger partial charge in [-0.1, -0.05) is 38.3 Å². The molecule has 52 heavy (non-hydrogen) atoms. The van der Waals surface area contributed by atoms with Crippen LogP contribution in [-0.2, 0) is 22.4 Å². The highest BCUT2D eigenvalue weighted by Crippen LogP contribution is 2.44. The summed E-state index contributed by atoms with van der Waals surface area (Å²) in [6.45, 7) is 6.02. The third-order valence-corrected chi connectivity index (χ3v) is 9.58. The van der Waals surface area contributed by atoms with E-state index in [4.69, 9.17) is 19.9 Å². The zero-order chi connectivity index (χ0) is 37.9. The smallest absolute Gasteiger partial charge is 0.192 e. The number of methoxy groups -OCH3 is 1. The number of nitrogens with one attached hydrogen (secondary N) is 3. The number of hydrogen-bond donors (Lipinski definition) is 7. The molecule has 3 rings (SSSR count). The van der Waals surface area contributed by atoms with Gasteiger partial charge in [0, 0.05) is 33.2 Å². The zero-order valence-corrected chi connectivity index (χ0v) is 31.9. The van der Waals surface area contributed by atoms with Crippen molar-refractivity contribution in [3.05, 3.63) is 53.6 Å². The lowest BCUT2D eigenvalue weighted by Gasteiger charge is -2.32. The molecule has 0 saturated heterocycles. The highest BCUT2D eigenvalue weighted by molar-refractivity contribution is 5.94. The summed E-state index contributed by atoms with van der Waals surface area (Å²) < 4.78 is 17.8. The number of phenolic OH excluding ortho intramolecular Hbond substituents is 2. The van der Waals surface area contributed by atoms with E-state index in [0.29, 0.717) is 68.8 Å².